The van der Waals surface area contributed by atoms with Crippen LogP contribution in [0.5, 0.6) is 0 Å². The van der Waals surface area contributed by atoms with Gasteiger partial charge in [0.1, 0.15) is 5.69 Å². The van der Waals surface area contributed by atoms with Crippen molar-refractivity contribution in [1.82, 2.24) is 19.6 Å². The van der Waals surface area contributed by atoms with Gasteiger partial charge in [-0.1, -0.05) is 23.7 Å². The van der Waals surface area contributed by atoms with Crippen LogP contribution in [0, 0.1) is 0 Å². The van der Waals surface area contributed by atoms with Crippen LogP contribution in [-0.4, -0.2) is 64.1 Å². The Labute approximate surface area is 161 Å². The summed E-state index contributed by atoms with van der Waals surface area (Å²) in [4.78, 5) is 39.8. The smallest absolute Gasteiger partial charge is 0.274 e. The molecule has 0 atom stereocenters. The molecule has 27 heavy (non-hydrogen) atoms. The van der Waals surface area contributed by atoms with Crippen molar-refractivity contribution in [1.29, 1.82) is 0 Å². The number of carbonyl (C=O) groups is 2. The molecule has 2 amide bonds. The zero-order valence-electron chi connectivity index (χ0n) is 14.9. The summed E-state index contributed by atoms with van der Waals surface area (Å²) in [5.74, 6) is -0.367. The fourth-order valence-corrected chi connectivity index (χ4v) is 3.03. The number of carbonyl (C=O) groups excluding carboxylic acids is 2. The highest BCUT2D eigenvalue weighted by Crippen LogP contribution is 2.20. The van der Waals surface area contributed by atoms with Crippen LogP contribution in [0.2, 0.25) is 5.02 Å². The topological polar surface area (TPSA) is 87.5 Å². The monoisotopic (exact) mass is 389 g/mol. The van der Waals surface area contributed by atoms with E-state index >= 15 is 0 Å². The summed E-state index contributed by atoms with van der Waals surface area (Å²) in [6, 6.07) is 9.84. The van der Waals surface area contributed by atoms with E-state index in [-0.39, 0.29) is 29.6 Å². The molecule has 1 aromatic heterocycles. The molecule has 8 nitrogen and oxygen atoms in total. The third-order valence-corrected chi connectivity index (χ3v) is 4.68. The van der Waals surface area contributed by atoms with Crippen molar-refractivity contribution in [2.45, 2.75) is 0 Å². The van der Waals surface area contributed by atoms with Gasteiger partial charge in [0.2, 0.25) is 5.91 Å². The first-order valence-corrected chi connectivity index (χ1v) is 8.92. The number of aryl methyl sites for hydroxylation is 1. The number of hydrogen-bond donors (Lipinski definition) is 1. The number of halogens is 1. The second-order valence-electron chi connectivity index (χ2n) is 6.28. The van der Waals surface area contributed by atoms with Crippen molar-refractivity contribution < 1.29 is 9.59 Å². The Morgan fingerprint density at radius 1 is 1.11 bits per heavy atom. The Balaban J connectivity index is 1.52. The van der Waals surface area contributed by atoms with Gasteiger partial charge in [0.25, 0.3) is 11.5 Å². The van der Waals surface area contributed by atoms with Crippen molar-refractivity contribution in [2.24, 2.45) is 7.05 Å². The molecule has 9 heteroatoms. The SMILES string of the molecule is Cn1nc(C(=O)N2CCN(CC(=O)Nc3ccccc3Cl)CC2)ccc1=O. The minimum atomic E-state index is -0.263. The quantitative estimate of drug-likeness (QED) is 0.836. The number of anilines is 1. The molecule has 0 radical (unpaired) electrons. The van der Waals surface area contributed by atoms with E-state index in [9.17, 15) is 14.4 Å². The van der Waals surface area contributed by atoms with Crippen molar-refractivity contribution in [2.75, 3.05) is 38.0 Å². The van der Waals surface area contributed by atoms with E-state index in [1.54, 1.807) is 29.2 Å². The second-order valence-corrected chi connectivity index (χ2v) is 6.68. The van der Waals surface area contributed by atoms with Gasteiger partial charge in [-0.15, -0.1) is 0 Å². The normalized spacial score (nSPS) is 14.8. The third-order valence-electron chi connectivity index (χ3n) is 4.35. The van der Waals surface area contributed by atoms with Crippen LogP contribution in [0.25, 0.3) is 0 Å². The van der Waals surface area contributed by atoms with Crippen LogP contribution in [0.1, 0.15) is 10.5 Å². The maximum Gasteiger partial charge on any atom is 0.274 e. The van der Waals surface area contributed by atoms with Gasteiger partial charge in [-0.05, 0) is 18.2 Å². The van der Waals surface area contributed by atoms with Gasteiger partial charge < -0.3 is 10.2 Å². The fraction of sp³-hybridized carbons (Fsp3) is 0.333. The Kier molecular flexibility index (Phi) is 5.88. The van der Waals surface area contributed by atoms with E-state index in [1.165, 1.54) is 19.2 Å². The van der Waals surface area contributed by atoms with Gasteiger partial charge in [0, 0.05) is 39.3 Å². The molecule has 0 unspecified atom stereocenters. The van der Waals surface area contributed by atoms with E-state index in [0.29, 0.717) is 36.9 Å². The lowest BCUT2D eigenvalue weighted by molar-refractivity contribution is -0.117. The average molecular weight is 390 g/mol. The molecule has 0 spiro atoms. The maximum absolute atomic E-state index is 12.5. The third kappa shape index (κ3) is 4.72. The lowest BCUT2D eigenvalue weighted by atomic mass is 10.2. The Hall–Kier alpha value is -2.71. The second kappa shape index (κ2) is 8.32. The van der Waals surface area contributed by atoms with Crippen molar-refractivity contribution >= 4 is 29.1 Å². The highest BCUT2D eigenvalue weighted by molar-refractivity contribution is 6.33. The number of benzene rings is 1. The number of nitrogens with zero attached hydrogens (tertiary/aromatic N) is 4. The predicted octanol–water partition coefficient (Wildman–Crippen LogP) is 0.830. The molecule has 0 bridgehead atoms. The number of nitrogens with one attached hydrogen (secondary N) is 1. The van der Waals surface area contributed by atoms with E-state index in [4.69, 9.17) is 11.6 Å². The molecular formula is C18H20ClN5O3. The van der Waals surface area contributed by atoms with Gasteiger partial charge in [0.15, 0.2) is 0 Å². The molecule has 0 saturated carbocycles. The number of amides is 2. The Bertz CT molecular complexity index is 906. The van der Waals surface area contributed by atoms with Crippen molar-refractivity contribution in [3.05, 3.63) is 57.5 Å². The summed E-state index contributed by atoms with van der Waals surface area (Å²) in [5, 5.41) is 7.28. The Morgan fingerprint density at radius 2 is 1.81 bits per heavy atom. The zero-order chi connectivity index (χ0) is 19.4. The lowest BCUT2D eigenvalue weighted by Crippen LogP contribution is -2.50. The first kappa shape index (κ1) is 19.1. The van der Waals surface area contributed by atoms with E-state index in [0.717, 1.165) is 4.68 Å². The summed E-state index contributed by atoms with van der Waals surface area (Å²) < 4.78 is 1.14. The highest BCUT2D eigenvalue weighted by atomic mass is 35.5. The minimum absolute atomic E-state index is 0.150. The van der Waals surface area contributed by atoms with Crippen LogP contribution in [0.3, 0.4) is 0 Å². The first-order chi connectivity index (χ1) is 12.9. The molecule has 1 saturated heterocycles. The molecular weight excluding hydrogens is 370 g/mol. The maximum atomic E-state index is 12.5. The lowest BCUT2D eigenvalue weighted by Gasteiger charge is -2.34. The van der Waals surface area contributed by atoms with E-state index < -0.39 is 0 Å². The van der Waals surface area contributed by atoms with E-state index in [1.807, 2.05) is 4.90 Å². The van der Waals surface area contributed by atoms with E-state index in [2.05, 4.69) is 10.4 Å². The molecule has 0 aliphatic carbocycles. The van der Waals surface area contributed by atoms with Gasteiger partial charge in [-0.3, -0.25) is 19.3 Å². The fourth-order valence-electron chi connectivity index (χ4n) is 2.84. The average Bonchev–Trinajstić information content (AvgIpc) is 2.66. The van der Waals surface area contributed by atoms with Crippen LogP contribution in [-0.2, 0) is 11.8 Å². The molecule has 1 fully saturated rings. The summed E-state index contributed by atoms with van der Waals surface area (Å²) in [5.41, 5.74) is 0.557. The molecule has 3 rings (SSSR count). The van der Waals surface area contributed by atoms with Gasteiger partial charge in [-0.25, -0.2) is 4.68 Å². The van der Waals surface area contributed by atoms with Crippen molar-refractivity contribution in [3.8, 4) is 0 Å². The van der Waals surface area contributed by atoms with Crippen LogP contribution in [0.15, 0.2) is 41.2 Å². The number of hydrogen-bond acceptors (Lipinski definition) is 5. The van der Waals surface area contributed by atoms with Crippen LogP contribution >= 0.6 is 11.6 Å². The summed E-state index contributed by atoms with van der Waals surface area (Å²) in [6.45, 7) is 2.36. The Morgan fingerprint density at radius 3 is 2.48 bits per heavy atom. The molecule has 1 aromatic carbocycles. The molecule has 2 heterocycles. The first-order valence-electron chi connectivity index (χ1n) is 8.54. The minimum Gasteiger partial charge on any atom is -0.335 e. The molecule has 1 N–H and O–H groups in total. The number of aromatic nitrogens is 2. The van der Waals surface area contributed by atoms with Gasteiger partial charge in [0.05, 0.1) is 17.3 Å². The summed E-state index contributed by atoms with van der Waals surface area (Å²) >= 11 is 6.04. The van der Waals surface area contributed by atoms with Crippen LogP contribution in [0.4, 0.5) is 5.69 Å². The standard InChI is InChI=1S/C18H20ClN5O3/c1-22-17(26)7-6-15(21-22)18(27)24-10-8-23(9-11-24)12-16(25)20-14-5-3-2-4-13(14)19/h2-7H,8-12H2,1H3,(H,20,25). The summed E-state index contributed by atoms with van der Waals surface area (Å²) in [6.07, 6.45) is 0. The predicted molar refractivity (Wildman–Crippen MR) is 102 cm³/mol. The number of rotatable bonds is 4. The summed E-state index contributed by atoms with van der Waals surface area (Å²) in [7, 11) is 1.51. The van der Waals surface area contributed by atoms with Crippen LogP contribution < -0.4 is 10.9 Å². The number of para-hydroxylation sites is 1. The molecule has 1 aliphatic heterocycles. The van der Waals surface area contributed by atoms with Crippen molar-refractivity contribution in [3.63, 3.8) is 0 Å². The van der Waals surface area contributed by atoms with Gasteiger partial charge >= 0.3 is 0 Å². The highest BCUT2D eigenvalue weighted by Gasteiger charge is 2.24. The molecule has 2 aromatic rings. The molecule has 1 aliphatic rings. The zero-order valence-corrected chi connectivity index (χ0v) is 15.6. The number of piperazine rings is 1. The molecule has 142 valence electrons. The van der Waals surface area contributed by atoms with Gasteiger partial charge in [-0.2, -0.15) is 5.10 Å². The largest absolute Gasteiger partial charge is 0.335 e.